The average molecular weight is 413 g/mol. The minimum Gasteiger partial charge on any atom is -0.495 e. The number of nitrogens with zero attached hydrogens (tertiary/aromatic N) is 3. The van der Waals surface area contributed by atoms with Crippen LogP contribution in [-0.4, -0.2) is 79.2 Å². The molecule has 0 aromatic heterocycles. The molecule has 1 unspecified atom stereocenters. The zero-order valence-electron chi connectivity index (χ0n) is 16.8. The van der Waals surface area contributed by atoms with Gasteiger partial charge in [0.05, 0.1) is 36.6 Å². The predicted octanol–water partition coefficient (Wildman–Crippen LogP) is 1.61. The molecular formula is C22H24FN3O4. The number of aliphatic hydroxyl groups is 1. The van der Waals surface area contributed by atoms with Crippen LogP contribution in [0.1, 0.15) is 20.7 Å². The van der Waals surface area contributed by atoms with Gasteiger partial charge in [0, 0.05) is 38.8 Å². The van der Waals surface area contributed by atoms with Gasteiger partial charge in [-0.15, -0.1) is 0 Å². The number of halogens is 1. The van der Waals surface area contributed by atoms with Gasteiger partial charge in [-0.25, -0.2) is 4.39 Å². The highest BCUT2D eigenvalue weighted by molar-refractivity contribution is 6.21. The van der Waals surface area contributed by atoms with Crippen molar-refractivity contribution in [1.82, 2.24) is 9.80 Å². The van der Waals surface area contributed by atoms with Crippen LogP contribution in [0, 0.1) is 5.82 Å². The van der Waals surface area contributed by atoms with Crippen LogP contribution in [-0.2, 0) is 0 Å². The van der Waals surface area contributed by atoms with Crippen LogP contribution >= 0.6 is 0 Å². The second-order valence-electron chi connectivity index (χ2n) is 7.52. The molecule has 8 heteroatoms. The van der Waals surface area contributed by atoms with E-state index in [-0.39, 0.29) is 24.2 Å². The molecule has 7 nitrogen and oxygen atoms in total. The maximum absolute atomic E-state index is 13.7. The molecule has 4 rings (SSSR count). The number of ether oxygens (including phenoxy) is 1. The summed E-state index contributed by atoms with van der Waals surface area (Å²) in [5, 5.41) is 10.5. The number of carbonyl (C=O) groups excluding carboxylic acids is 2. The molecule has 0 radical (unpaired) electrons. The average Bonchev–Trinajstić information content (AvgIpc) is 2.99. The molecule has 2 aromatic rings. The molecule has 2 heterocycles. The second kappa shape index (κ2) is 8.41. The van der Waals surface area contributed by atoms with Crippen molar-refractivity contribution in [2.24, 2.45) is 0 Å². The third-order valence-corrected chi connectivity index (χ3v) is 5.59. The molecule has 1 fully saturated rings. The van der Waals surface area contributed by atoms with Gasteiger partial charge in [-0.3, -0.25) is 19.4 Å². The lowest BCUT2D eigenvalue weighted by Gasteiger charge is -2.37. The molecule has 0 bridgehead atoms. The summed E-state index contributed by atoms with van der Waals surface area (Å²) in [6, 6.07) is 11.1. The van der Waals surface area contributed by atoms with Gasteiger partial charge in [0.1, 0.15) is 11.6 Å². The quantitative estimate of drug-likeness (QED) is 0.726. The molecule has 2 aromatic carbocycles. The van der Waals surface area contributed by atoms with E-state index in [2.05, 4.69) is 9.80 Å². The highest BCUT2D eigenvalue weighted by Gasteiger charge is 2.36. The monoisotopic (exact) mass is 413 g/mol. The Morgan fingerprint density at radius 2 is 1.63 bits per heavy atom. The van der Waals surface area contributed by atoms with Crippen molar-refractivity contribution in [2.75, 3.05) is 51.3 Å². The van der Waals surface area contributed by atoms with Crippen LogP contribution in [0.15, 0.2) is 42.5 Å². The van der Waals surface area contributed by atoms with E-state index in [9.17, 15) is 19.1 Å². The van der Waals surface area contributed by atoms with E-state index >= 15 is 0 Å². The Morgan fingerprint density at radius 3 is 2.23 bits per heavy atom. The maximum atomic E-state index is 13.7. The molecule has 2 aliphatic heterocycles. The van der Waals surface area contributed by atoms with Crippen LogP contribution in [0.4, 0.5) is 10.1 Å². The van der Waals surface area contributed by atoms with Gasteiger partial charge in [-0.2, -0.15) is 0 Å². The van der Waals surface area contributed by atoms with E-state index in [0.717, 1.165) is 4.90 Å². The number of anilines is 1. The fourth-order valence-electron chi connectivity index (χ4n) is 4.05. The number of aliphatic hydroxyl groups excluding tert-OH is 1. The third-order valence-electron chi connectivity index (χ3n) is 5.59. The molecular weight excluding hydrogens is 389 g/mol. The van der Waals surface area contributed by atoms with E-state index in [1.54, 1.807) is 37.4 Å². The van der Waals surface area contributed by atoms with Crippen molar-refractivity contribution < 1.29 is 23.8 Å². The summed E-state index contributed by atoms with van der Waals surface area (Å²) in [5.74, 6) is -0.421. The van der Waals surface area contributed by atoms with Gasteiger partial charge in [-0.1, -0.05) is 12.1 Å². The second-order valence-corrected chi connectivity index (χ2v) is 7.52. The van der Waals surface area contributed by atoms with Gasteiger partial charge in [0.15, 0.2) is 0 Å². The van der Waals surface area contributed by atoms with Gasteiger partial charge >= 0.3 is 0 Å². The minimum absolute atomic E-state index is 0.0374. The van der Waals surface area contributed by atoms with Crippen molar-refractivity contribution >= 4 is 17.5 Å². The molecule has 1 atom stereocenters. The first-order valence-electron chi connectivity index (χ1n) is 9.92. The number of amides is 2. The maximum Gasteiger partial charge on any atom is 0.261 e. The summed E-state index contributed by atoms with van der Waals surface area (Å²) in [6.45, 7) is 2.95. The number of piperazine rings is 1. The molecule has 0 saturated carbocycles. The number of carbonyl (C=O) groups is 2. The fourth-order valence-corrected chi connectivity index (χ4v) is 4.05. The number of β-amino-alcohol motifs (C(OH)–C–C–N with tert-alkyl or cyclic N) is 1. The Labute approximate surface area is 174 Å². The summed E-state index contributed by atoms with van der Waals surface area (Å²) in [7, 11) is 1.56. The minimum atomic E-state index is -0.845. The molecule has 0 aliphatic carbocycles. The normalized spacial score (nSPS) is 18.0. The Hall–Kier alpha value is -2.97. The van der Waals surface area contributed by atoms with Crippen LogP contribution in [0.5, 0.6) is 5.75 Å². The van der Waals surface area contributed by atoms with Crippen molar-refractivity contribution in [2.45, 2.75) is 6.10 Å². The number of benzene rings is 2. The van der Waals surface area contributed by atoms with Crippen LogP contribution < -0.4 is 9.64 Å². The molecule has 1 saturated heterocycles. The number of hydrogen-bond donors (Lipinski definition) is 1. The first-order valence-corrected chi connectivity index (χ1v) is 9.92. The lowest BCUT2D eigenvalue weighted by molar-refractivity contribution is 0.0469. The van der Waals surface area contributed by atoms with Crippen molar-refractivity contribution in [1.29, 1.82) is 0 Å². The van der Waals surface area contributed by atoms with Crippen LogP contribution in [0.3, 0.4) is 0 Å². The first-order chi connectivity index (χ1) is 14.5. The van der Waals surface area contributed by atoms with Crippen LogP contribution in [0.25, 0.3) is 0 Å². The highest BCUT2D eigenvalue weighted by atomic mass is 19.1. The summed E-state index contributed by atoms with van der Waals surface area (Å²) in [4.78, 5) is 30.1. The molecule has 0 spiro atoms. The number of fused-ring (bicyclic) bond motifs is 1. The number of rotatable bonds is 6. The molecule has 158 valence electrons. The summed E-state index contributed by atoms with van der Waals surface area (Å²) >= 11 is 0. The first kappa shape index (κ1) is 20.3. The summed E-state index contributed by atoms with van der Waals surface area (Å²) in [6.07, 6.45) is -0.845. The smallest absolute Gasteiger partial charge is 0.261 e. The zero-order chi connectivity index (χ0) is 21.3. The predicted molar refractivity (Wildman–Crippen MR) is 109 cm³/mol. The van der Waals surface area contributed by atoms with Gasteiger partial charge in [0.25, 0.3) is 11.8 Å². The lowest BCUT2D eigenvalue weighted by atomic mass is 10.1. The van der Waals surface area contributed by atoms with E-state index in [0.29, 0.717) is 55.3 Å². The van der Waals surface area contributed by atoms with Crippen molar-refractivity contribution in [3.05, 3.63) is 59.4 Å². The molecule has 30 heavy (non-hydrogen) atoms. The number of methoxy groups -OCH3 is 1. The number of hydrogen-bond acceptors (Lipinski definition) is 6. The highest BCUT2D eigenvalue weighted by Crippen LogP contribution is 2.30. The van der Waals surface area contributed by atoms with Crippen molar-refractivity contribution in [3.63, 3.8) is 0 Å². The van der Waals surface area contributed by atoms with E-state index in [1.165, 1.54) is 12.1 Å². The summed E-state index contributed by atoms with van der Waals surface area (Å²) < 4.78 is 19.0. The topological polar surface area (TPSA) is 73.3 Å². The Bertz CT molecular complexity index is 924. The lowest BCUT2D eigenvalue weighted by Crippen LogP contribution is -2.50. The molecule has 1 N–H and O–H groups in total. The molecule has 2 aliphatic rings. The molecule has 2 amide bonds. The Balaban J connectivity index is 1.32. The third kappa shape index (κ3) is 3.88. The van der Waals surface area contributed by atoms with E-state index < -0.39 is 6.10 Å². The van der Waals surface area contributed by atoms with Gasteiger partial charge in [0.2, 0.25) is 0 Å². The van der Waals surface area contributed by atoms with E-state index in [4.69, 9.17) is 4.74 Å². The largest absolute Gasteiger partial charge is 0.495 e. The number of imide groups is 1. The van der Waals surface area contributed by atoms with Crippen molar-refractivity contribution in [3.8, 4) is 5.75 Å². The Morgan fingerprint density at radius 1 is 1.00 bits per heavy atom. The zero-order valence-corrected chi connectivity index (χ0v) is 16.8. The SMILES string of the molecule is COc1ccc(F)cc1N1CCN(CC(O)CN2C(=O)c3ccccc3C2=O)CC1. The van der Waals surface area contributed by atoms with Gasteiger partial charge < -0.3 is 14.7 Å². The Kier molecular flexibility index (Phi) is 5.69. The van der Waals surface area contributed by atoms with Gasteiger partial charge in [-0.05, 0) is 24.3 Å². The standard InChI is InChI=1S/C22H24FN3O4/c1-30-20-7-6-15(23)12-19(20)25-10-8-24(9-11-25)13-16(27)14-26-21(28)17-4-2-3-5-18(17)22(26)29/h2-7,12,16,27H,8-11,13-14H2,1H3. The van der Waals surface area contributed by atoms with Crippen LogP contribution in [0.2, 0.25) is 0 Å². The summed E-state index contributed by atoms with van der Waals surface area (Å²) in [5.41, 5.74) is 1.48. The fraction of sp³-hybridized carbons (Fsp3) is 0.364. The van der Waals surface area contributed by atoms with E-state index in [1.807, 2.05) is 0 Å².